The molecule has 0 radical (unpaired) electrons. The van der Waals surface area contributed by atoms with Gasteiger partial charge in [-0.1, -0.05) is 41.9 Å². The number of hydrogen-bond donors (Lipinski definition) is 3. The Morgan fingerprint density at radius 1 is 1.14 bits per heavy atom. The van der Waals surface area contributed by atoms with Gasteiger partial charge in [-0.3, -0.25) is 4.79 Å². The van der Waals surface area contributed by atoms with Crippen molar-refractivity contribution in [3.63, 3.8) is 0 Å². The van der Waals surface area contributed by atoms with Gasteiger partial charge in [0.2, 0.25) is 0 Å². The fourth-order valence-corrected chi connectivity index (χ4v) is 6.88. The molecule has 1 aliphatic rings. The van der Waals surface area contributed by atoms with E-state index in [2.05, 4.69) is 30.8 Å². The molecule has 1 heterocycles. The number of nitrogens with one attached hydrogen (secondary N) is 2. The fourth-order valence-electron chi connectivity index (χ4n) is 4.04. The van der Waals surface area contributed by atoms with Crippen molar-refractivity contribution in [2.75, 3.05) is 13.2 Å². The highest BCUT2D eigenvalue weighted by Crippen LogP contribution is 2.55. The Bertz CT molecular complexity index is 1350. The van der Waals surface area contributed by atoms with E-state index in [1.54, 1.807) is 36.4 Å². The van der Waals surface area contributed by atoms with Crippen molar-refractivity contribution < 1.29 is 23.1 Å². The third kappa shape index (κ3) is 6.85. The van der Waals surface area contributed by atoms with Gasteiger partial charge in [0.25, 0.3) is 10.0 Å². The van der Waals surface area contributed by atoms with Gasteiger partial charge in [-0.25, -0.2) is 8.42 Å². The molecule has 7 nitrogen and oxygen atoms in total. The third-order valence-corrected chi connectivity index (χ3v) is 9.33. The van der Waals surface area contributed by atoms with E-state index in [1.165, 1.54) is 6.07 Å². The molecule has 0 bridgehead atoms. The van der Waals surface area contributed by atoms with Crippen LogP contribution in [0, 0.1) is 0 Å². The van der Waals surface area contributed by atoms with Gasteiger partial charge in [-0.15, -0.1) is 23.7 Å². The molecule has 11 heteroatoms. The maximum Gasteiger partial charge on any atom is 0.325 e. The molecule has 0 saturated heterocycles. The summed E-state index contributed by atoms with van der Waals surface area (Å²) in [6, 6.07) is 17.5. The van der Waals surface area contributed by atoms with Gasteiger partial charge < -0.3 is 15.2 Å². The first-order chi connectivity index (χ1) is 16.9. The molecule has 1 aliphatic carbocycles. The zero-order chi connectivity index (χ0) is 26.1. The molecule has 3 aromatic rings. The Kier molecular flexibility index (Phi) is 8.99. The van der Waals surface area contributed by atoms with E-state index in [-0.39, 0.29) is 28.6 Å². The monoisotopic (exact) mass is 584 g/mol. The minimum atomic E-state index is -4.08. The van der Waals surface area contributed by atoms with E-state index in [9.17, 15) is 18.3 Å². The molecule has 0 aliphatic heterocycles. The van der Waals surface area contributed by atoms with Crippen LogP contribution in [0.3, 0.4) is 0 Å². The highest BCUT2D eigenvalue weighted by molar-refractivity contribution is 7.91. The van der Waals surface area contributed by atoms with Crippen molar-refractivity contribution in [1.82, 2.24) is 10.0 Å². The molecule has 1 saturated carbocycles. The van der Waals surface area contributed by atoms with Gasteiger partial charge in [-0.2, -0.15) is 4.72 Å². The first-order valence-electron chi connectivity index (χ1n) is 11.5. The number of hydrogen-bond acceptors (Lipinski definition) is 6. The van der Waals surface area contributed by atoms with E-state index in [1.807, 2.05) is 18.2 Å². The van der Waals surface area contributed by atoms with Crippen LogP contribution in [0.15, 0.2) is 64.9 Å². The summed E-state index contributed by atoms with van der Waals surface area (Å²) in [6.07, 6.45) is 0.137. The van der Waals surface area contributed by atoms with E-state index in [4.69, 9.17) is 16.3 Å². The number of carbonyl (C=O) groups is 1. The summed E-state index contributed by atoms with van der Waals surface area (Å²) in [5.41, 5.74) is -0.181. The van der Waals surface area contributed by atoms with Crippen LogP contribution in [-0.4, -0.2) is 43.7 Å². The molecule has 2 unspecified atom stereocenters. The van der Waals surface area contributed by atoms with Crippen LogP contribution in [-0.2, 0) is 14.8 Å². The normalized spacial score (nSPS) is 19.2. The summed E-state index contributed by atoms with van der Waals surface area (Å²) in [5, 5.41) is 14.0. The molecule has 0 amide bonds. The molecule has 200 valence electrons. The molecule has 1 aromatic heterocycles. The molecule has 1 fully saturated rings. The number of para-hydroxylation sites is 1. The standard InChI is InChI=1S/C26H29ClN2O5S2.ClH/c1-25(2,3)28-14-15-34-21-7-5-4-6-19(21)20-16-26(20,24(30)31)29-36(32,33)23-13-12-22(35-23)17-8-10-18(27)11-9-17;/h4-13,20,28-29H,14-16H2,1-3H3,(H,30,31);1H. The topological polar surface area (TPSA) is 105 Å². The van der Waals surface area contributed by atoms with Gasteiger partial charge in [-0.05, 0) is 68.7 Å². The number of carboxylic acid groups (broad SMARTS) is 1. The third-order valence-electron chi connectivity index (χ3n) is 5.94. The summed E-state index contributed by atoms with van der Waals surface area (Å²) in [7, 11) is -4.08. The Morgan fingerprint density at radius 2 is 1.81 bits per heavy atom. The number of aliphatic carboxylic acids is 1. The largest absolute Gasteiger partial charge is 0.492 e. The van der Waals surface area contributed by atoms with Gasteiger partial charge in [0.15, 0.2) is 0 Å². The van der Waals surface area contributed by atoms with E-state index < -0.39 is 27.4 Å². The van der Waals surface area contributed by atoms with Crippen molar-refractivity contribution in [2.45, 2.75) is 48.4 Å². The molecule has 4 rings (SSSR count). The smallest absolute Gasteiger partial charge is 0.325 e. The lowest BCUT2D eigenvalue weighted by molar-refractivity contribution is -0.140. The minimum absolute atomic E-state index is 0. The molecule has 3 N–H and O–H groups in total. The summed E-state index contributed by atoms with van der Waals surface area (Å²) < 4.78 is 35.0. The fraction of sp³-hybridized carbons (Fsp3) is 0.346. The average molecular weight is 586 g/mol. The predicted molar refractivity (Wildman–Crippen MR) is 150 cm³/mol. The van der Waals surface area contributed by atoms with Crippen LogP contribution in [0.2, 0.25) is 5.02 Å². The van der Waals surface area contributed by atoms with Crippen LogP contribution in [0.4, 0.5) is 0 Å². The predicted octanol–water partition coefficient (Wildman–Crippen LogP) is 5.55. The maximum absolute atomic E-state index is 13.2. The number of thiophene rings is 1. The van der Waals surface area contributed by atoms with Crippen LogP contribution < -0.4 is 14.8 Å². The lowest BCUT2D eigenvalue weighted by Gasteiger charge is -2.21. The summed E-state index contributed by atoms with van der Waals surface area (Å²) >= 11 is 7.02. The number of carboxylic acids is 1. The zero-order valence-electron chi connectivity index (χ0n) is 20.7. The van der Waals surface area contributed by atoms with Crippen LogP contribution in [0.25, 0.3) is 10.4 Å². The minimum Gasteiger partial charge on any atom is -0.492 e. The first-order valence-corrected chi connectivity index (χ1v) is 14.2. The Morgan fingerprint density at radius 3 is 2.46 bits per heavy atom. The molecule has 37 heavy (non-hydrogen) atoms. The van der Waals surface area contributed by atoms with Crippen molar-refractivity contribution >= 4 is 51.3 Å². The van der Waals surface area contributed by atoms with Crippen molar-refractivity contribution in [3.05, 3.63) is 71.2 Å². The lowest BCUT2D eigenvalue weighted by Crippen LogP contribution is -2.44. The van der Waals surface area contributed by atoms with Gasteiger partial charge in [0.05, 0.1) is 0 Å². The van der Waals surface area contributed by atoms with Crippen molar-refractivity contribution in [3.8, 4) is 16.2 Å². The Balaban J connectivity index is 0.00000380. The van der Waals surface area contributed by atoms with Crippen LogP contribution in [0.5, 0.6) is 5.75 Å². The second-order valence-corrected chi connectivity index (χ2v) is 13.3. The zero-order valence-corrected chi connectivity index (χ0v) is 23.9. The first kappa shape index (κ1) is 29.4. The number of benzene rings is 2. The Labute approximate surface area is 232 Å². The maximum atomic E-state index is 13.2. The molecule has 2 atom stereocenters. The van der Waals surface area contributed by atoms with Crippen molar-refractivity contribution in [1.29, 1.82) is 0 Å². The highest BCUT2D eigenvalue weighted by atomic mass is 35.5. The summed E-state index contributed by atoms with van der Waals surface area (Å²) in [4.78, 5) is 13.1. The average Bonchev–Trinajstić information content (AvgIpc) is 3.29. The Hall–Kier alpha value is -2.14. The van der Waals surface area contributed by atoms with Crippen molar-refractivity contribution in [2.24, 2.45) is 0 Å². The second-order valence-electron chi connectivity index (χ2n) is 9.83. The van der Waals surface area contributed by atoms with E-state index >= 15 is 0 Å². The SMILES string of the molecule is CC(C)(C)NCCOc1ccccc1C1CC1(NS(=O)(=O)c1ccc(-c2ccc(Cl)cc2)s1)C(=O)O.Cl. The van der Waals surface area contributed by atoms with Gasteiger partial charge in [0, 0.05) is 27.9 Å². The van der Waals surface area contributed by atoms with E-state index in [0.29, 0.717) is 29.5 Å². The molecular weight excluding hydrogens is 555 g/mol. The second kappa shape index (κ2) is 11.3. The molecule has 2 aromatic carbocycles. The number of halogens is 2. The van der Waals surface area contributed by atoms with Gasteiger partial charge in [0.1, 0.15) is 22.1 Å². The summed E-state index contributed by atoms with van der Waals surface area (Å²) in [5.74, 6) is -1.20. The lowest BCUT2D eigenvalue weighted by atomic mass is 10.1. The number of rotatable bonds is 10. The molecule has 0 spiro atoms. The number of sulfonamides is 1. The quantitative estimate of drug-likeness (QED) is 0.270. The number of ether oxygens (including phenoxy) is 1. The van der Waals surface area contributed by atoms with Gasteiger partial charge >= 0.3 is 5.97 Å². The molecular formula is C26H30Cl2N2O5S2. The highest BCUT2D eigenvalue weighted by Gasteiger charge is 2.64. The van der Waals surface area contributed by atoms with E-state index in [0.717, 1.165) is 21.8 Å². The summed E-state index contributed by atoms with van der Waals surface area (Å²) in [6.45, 7) is 7.20. The van der Waals surface area contributed by atoms with Crippen LogP contribution in [0.1, 0.15) is 38.7 Å². The van der Waals surface area contributed by atoms with Crippen LogP contribution >= 0.6 is 35.3 Å².